The largest absolute Gasteiger partial charge is 0.574 e. The van der Waals surface area contributed by atoms with Gasteiger partial charge in [-0.1, -0.05) is 6.58 Å². The Bertz CT molecular complexity index is 1010. The Morgan fingerprint density at radius 1 is 1.36 bits per heavy atom. The first-order chi connectivity index (χ1) is 13.3. The van der Waals surface area contributed by atoms with Crippen molar-refractivity contribution in [3.05, 3.63) is 54.6 Å². The fraction of sp³-hybridized carbons (Fsp3) is 0.167. The van der Waals surface area contributed by atoms with E-state index in [1.807, 2.05) is 0 Å². The molecular weight excluding hydrogens is 379 g/mol. The predicted molar refractivity (Wildman–Crippen MR) is 91.9 cm³/mol. The van der Waals surface area contributed by atoms with Gasteiger partial charge >= 0.3 is 6.36 Å². The van der Waals surface area contributed by atoms with Crippen LogP contribution in [0.25, 0.3) is 22.2 Å². The number of pyridine rings is 1. The van der Waals surface area contributed by atoms with Crippen LogP contribution in [0.15, 0.2) is 47.9 Å². The van der Waals surface area contributed by atoms with Gasteiger partial charge in [-0.05, 0) is 23.8 Å². The lowest BCUT2D eigenvalue weighted by atomic mass is 9.98. The summed E-state index contributed by atoms with van der Waals surface area (Å²) in [6.45, 7) is 3.08. The Labute approximate surface area is 156 Å². The number of fused-ring (bicyclic) bond motifs is 1. The van der Waals surface area contributed by atoms with Gasteiger partial charge in [0.15, 0.2) is 12.0 Å². The predicted octanol–water partition coefficient (Wildman–Crippen LogP) is 3.08. The van der Waals surface area contributed by atoms with Crippen LogP contribution in [-0.4, -0.2) is 27.3 Å². The summed E-state index contributed by atoms with van der Waals surface area (Å²) in [5, 5.41) is 12.3. The molecular formula is C18H14F3N3O4. The molecule has 146 valence electrons. The third kappa shape index (κ3) is 4.12. The fourth-order valence-corrected chi connectivity index (χ4v) is 2.65. The van der Waals surface area contributed by atoms with Crippen LogP contribution in [0.5, 0.6) is 5.88 Å². The molecule has 1 aromatic carbocycles. The standard InChI is InChI=1S/C18H14F3N3O4/c1-2-14(26)22-7-11-5-12(16-17(13(11)8-25)27-9-24-16)10-3-4-15(23-6-10)28-18(19,20)21/h2-6,9,25H,1,7-8H2,(H,22,26). The number of rotatable bonds is 6. The lowest BCUT2D eigenvalue weighted by Gasteiger charge is -2.13. The number of ether oxygens (including phenoxy) is 1. The first-order valence-corrected chi connectivity index (χ1v) is 7.93. The fourth-order valence-electron chi connectivity index (χ4n) is 2.65. The van der Waals surface area contributed by atoms with E-state index < -0.39 is 18.1 Å². The maximum Gasteiger partial charge on any atom is 0.574 e. The molecule has 2 heterocycles. The number of hydrogen-bond acceptors (Lipinski definition) is 6. The average molecular weight is 393 g/mol. The second-order valence-corrected chi connectivity index (χ2v) is 5.60. The van der Waals surface area contributed by atoms with Crippen molar-refractivity contribution in [1.29, 1.82) is 0 Å². The van der Waals surface area contributed by atoms with Crippen molar-refractivity contribution in [2.75, 3.05) is 0 Å². The number of aliphatic hydroxyl groups excluding tert-OH is 1. The van der Waals surface area contributed by atoms with Crippen LogP contribution in [-0.2, 0) is 17.9 Å². The van der Waals surface area contributed by atoms with Crippen LogP contribution in [0.2, 0.25) is 0 Å². The molecule has 0 saturated heterocycles. The van der Waals surface area contributed by atoms with Crippen LogP contribution >= 0.6 is 0 Å². The summed E-state index contributed by atoms with van der Waals surface area (Å²) < 4.78 is 46.0. The number of benzene rings is 1. The molecule has 10 heteroatoms. The van der Waals surface area contributed by atoms with E-state index in [0.717, 1.165) is 12.1 Å². The van der Waals surface area contributed by atoms with Crippen molar-refractivity contribution in [3.8, 4) is 17.0 Å². The van der Waals surface area contributed by atoms with Crippen molar-refractivity contribution in [2.24, 2.45) is 0 Å². The minimum absolute atomic E-state index is 0.0765. The summed E-state index contributed by atoms with van der Waals surface area (Å²) in [4.78, 5) is 19.2. The van der Waals surface area contributed by atoms with E-state index in [4.69, 9.17) is 4.42 Å². The van der Waals surface area contributed by atoms with Gasteiger partial charge in [-0.15, -0.1) is 13.2 Å². The Morgan fingerprint density at radius 3 is 2.75 bits per heavy atom. The van der Waals surface area contributed by atoms with Gasteiger partial charge < -0.3 is 19.6 Å². The molecule has 28 heavy (non-hydrogen) atoms. The zero-order valence-corrected chi connectivity index (χ0v) is 14.3. The van der Waals surface area contributed by atoms with Crippen LogP contribution in [0.4, 0.5) is 13.2 Å². The number of hydrogen-bond donors (Lipinski definition) is 2. The summed E-state index contributed by atoms with van der Waals surface area (Å²) >= 11 is 0. The quantitative estimate of drug-likeness (QED) is 0.625. The number of oxazole rings is 1. The Kier molecular flexibility index (Phi) is 5.32. The molecule has 0 atom stereocenters. The van der Waals surface area contributed by atoms with E-state index in [-0.39, 0.29) is 13.2 Å². The molecule has 3 rings (SSSR count). The molecule has 0 radical (unpaired) electrons. The monoisotopic (exact) mass is 393 g/mol. The molecule has 0 fully saturated rings. The highest BCUT2D eigenvalue weighted by Crippen LogP contribution is 2.33. The highest BCUT2D eigenvalue weighted by atomic mass is 19.4. The highest BCUT2D eigenvalue weighted by molar-refractivity contribution is 5.93. The topological polar surface area (TPSA) is 97.5 Å². The Balaban J connectivity index is 2.04. The Morgan fingerprint density at radius 2 is 2.14 bits per heavy atom. The van der Waals surface area contributed by atoms with Gasteiger partial charge in [0.2, 0.25) is 11.8 Å². The van der Waals surface area contributed by atoms with E-state index in [0.29, 0.717) is 33.4 Å². The number of carbonyl (C=O) groups is 1. The minimum atomic E-state index is -4.84. The molecule has 0 bridgehead atoms. The molecule has 0 aliphatic rings. The smallest absolute Gasteiger partial charge is 0.443 e. The number of nitrogens with zero attached hydrogens (tertiary/aromatic N) is 2. The van der Waals surface area contributed by atoms with Crippen molar-refractivity contribution in [3.63, 3.8) is 0 Å². The van der Waals surface area contributed by atoms with E-state index >= 15 is 0 Å². The molecule has 0 saturated carbocycles. The van der Waals surface area contributed by atoms with Crippen LogP contribution < -0.4 is 10.1 Å². The first kappa shape index (κ1) is 19.4. The third-order valence-corrected chi connectivity index (χ3v) is 3.87. The number of halogens is 3. The van der Waals surface area contributed by atoms with E-state index in [1.165, 1.54) is 18.7 Å². The van der Waals surface area contributed by atoms with Gasteiger partial charge in [0, 0.05) is 35.5 Å². The second-order valence-electron chi connectivity index (χ2n) is 5.60. The average Bonchev–Trinajstić information content (AvgIpc) is 3.14. The molecule has 7 nitrogen and oxygen atoms in total. The molecule has 1 amide bonds. The van der Waals surface area contributed by atoms with Gasteiger partial charge in [-0.25, -0.2) is 9.97 Å². The molecule has 0 unspecified atom stereocenters. The number of alkyl halides is 3. The van der Waals surface area contributed by atoms with Crippen molar-refractivity contribution in [1.82, 2.24) is 15.3 Å². The zero-order chi connectivity index (χ0) is 20.3. The number of aliphatic hydroxyl groups is 1. The summed E-state index contributed by atoms with van der Waals surface area (Å²) in [5.41, 5.74) is 2.65. The van der Waals surface area contributed by atoms with Crippen LogP contribution in [0, 0.1) is 0 Å². The Hall–Kier alpha value is -3.40. The second kappa shape index (κ2) is 7.69. The normalized spacial score (nSPS) is 11.4. The van der Waals surface area contributed by atoms with Crippen LogP contribution in [0.3, 0.4) is 0 Å². The molecule has 0 aliphatic carbocycles. The molecule has 2 N–H and O–H groups in total. The number of aromatic nitrogens is 2. The minimum Gasteiger partial charge on any atom is -0.443 e. The maximum atomic E-state index is 12.3. The van der Waals surface area contributed by atoms with E-state index in [1.54, 1.807) is 6.07 Å². The maximum absolute atomic E-state index is 12.3. The third-order valence-electron chi connectivity index (χ3n) is 3.87. The molecule has 2 aromatic heterocycles. The van der Waals surface area contributed by atoms with Gasteiger partial charge in [0.05, 0.1) is 6.61 Å². The van der Waals surface area contributed by atoms with Crippen molar-refractivity contribution in [2.45, 2.75) is 19.5 Å². The summed E-state index contributed by atoms with van der Waals surface area (Å²) in [7, 11) is 0. The number of carbonyl (C=O) groups excluding carboxylic acids is 1. The van der Waals surface area contributed by atoms with Gasteiger partial charge in [0.25, 0.3) is 0 Å². The summed E-state index contributed by atoms with van der Waals surface area (Å²) in [5.74, 6) is -1.00. The molecule has 3 aromatic rings. The van der Waals surface area contributed by atoms with Gasteiger partial charge in [-0.2, -0.15) is 0 Å². The number of nitrogens with one attached hydrogen (secondary N) is 1. The summed E-state index contributed by atoms with van der Waals surface area (Å²) in [6.07, 6.45) is -1.34. The molecule has 0 aliphatic heterocycles. The van der Waals surface area contributed by atoms with Gasteiger partial charge in [0.1, 0.15) is 5.52 Å². The first-order valence-electron chi connectivity index (χ1n) is 7.93. The lowest BCUT2D eigenvalue weighted by Crippen LogP contribution is -2.21. The van der Waals surface area contributed by atoms with Crippen molar-refractivity contribution >= 4 is 17.0 Å². The zero-order valence-electron chi connectivity index (χ0n) is 14.3. The van der Waals surface area contributed by atoms with Gasteiger partial charge in [-0.3, -0.25) is 4.79 Å². The highest BCUT2D eigenvalue weighted by Gasteiger charge is 2.31. The lowest BCUT2D eigenvalue weighted by molar-refractivity contribution is -0.276. The van der Waals surface area contributed by atoms with Crippen LogP contribution in [0.1, 0.15) is 11.1 Å². The summed E-state index contributed by atoms with van der Waals surface area (Å²) in [6, 6.07) is 4.12. The number of amides is 1. The van der Waals surface area contributed by atoms with Crippen molar-refractivity contribution < 1.29 is 32.2 Å². The van der Waals surface area contributed by atoms with E-state index in [2.05, 4.69) is 26.6 Å². The van der Waals surface area contributed by atoms with E-state index in [9.17, 15) is 23.1 Å². The molecule has 0 spiro atoms. The SMILES string of the molecule is C=CC(=O)NCc1cc(-c2ccc(OC(F)(F)F)nc2)c2ncoc2c1CO.